The number of carboxylic acid groups (broad SMARTS) is 1. The van der Waals surface area contributed by atoms with Crippen LogP contribution in [0.2, 0.25) is 0 Å². The number of hydrogen-bond acceptors (Lipinski definition) is 3. The molecule has 1 aliphatic rings. The average molecular weight is 263 g/mol. The van der Waals surface area contributed by atoms with Crippen molar-refractivity contribution >= 4 is 16.0 Å². The van der Waals surface area contributed by atoms with Gasteiger partial charge in [0.25, 0.3) is 0 Å². The van der Waals surface area contributed by atoms with Gasteiger partial charge in [-0.3, -0.25) is 4.79 Å². The van der Waals surface area contributed by atoms with Crippen LogP contribution < -0.4 is 4.72 Å². The number of aliphatic carboxylic acids is 1. The fraction of sp³-hybridized carbons (Fsp3) is 0.909. The van der Waals surface area contributed by atoms with Gasteiger partial charge in [0.1, 0.15) is 6.04 Å². The normalized spacial score (nSPS) is 21.3. The van der Waals surface area contributed by atoms with E-state index in [1.165, 1.54) is 0 Å². The maximum atomic E-state index is 12.0. The second kappa shape index (κ2) is 5.82. The van der Waals surface area contributed by atoms with Gasteiger partial charge in [-0.05, 0) is 18.8 Å². The van der Waals surface area contributed by atoms with Gasteiger partial charge in [-0.2, -0.15) is 0 Å². The molecule has 0 aliphatic heterocycles. The summed E-state index contributed by atoms with van der Waals surface area (Å²) in [6.45, 7) is 3.60. The second-order valence-corrected chi connectivity index (χ2v) is 6.76. The quantitative estimate of drug-likeness (QED) is 0.757. The molecule has 1 fully saturated rings. The van der Waals surface area contributed by atoms with Gasteiger partial charge in [-0.15, -0.1) is 0 Å². The maximum Gasteiger partial charge on any atom is 0.322 e. The van der Waals surface area contributed by atoms with Gasteiger partial charge in [0.2, 0.25) is 10.0 Å². The van der Waals surface area contributed by atoms with Crippen molar-refractivity contribution in [2.45, 2.75) is 57.2 Å². The van der Waals surface area contributed by atoms with Gasteiger partial charge < -0.3 is 5.11 Å². The molecule has 100 valence electrons. The number of hydrogen-bond donors (Lipinski definition) is 2. The maximum absolute atomic E-state index is 12.0. The average Bonchev–Trinajstić information content (AvgIpc) is 2.78. The molecule has 0 radical (unpaired) electrons. The SMILES string of the molecule is CC[C@H](C)[C@H](NS(=O)(=O)C1CCCC1)C(=O)O. The first-order valence-electron chi connectivity index (χ1n) is 6.12. The van der Waals surface area contributed by atoms with Crippen LogP contribution in [0.4, 0.5) is 0 Å². The lowest BCUT2D eigenvalue weighted by Gasteiger charge is -2.22. The fourth-order valence-electron chi connectivity index (χ4n) is 2.12. The molecular weight excluding hydrogens is 242 g/mol. The van der Waals surface area contributed by atoms with E-state index in [4.69, 9.17) is 5.11 Å². The molecule has 0 aromatic heterocycles. The van der Waals surface area contributed by atoms with E-state index in [2.05, 4.69) is 4.72 Å². The van der Waals surface area contributed by atoms with Crippen LogP contribution in [0.25, 0.3) is 0 Å². The van der Waals surface area contributed by atoms with E-state index in [9.17, 15) is 13.2 Å². The molecule has 0 amide bonds. The highest BCUT2D eigenvalue weighted by molar-refractivity contribution is 7.90. The monoisotopic (exact) mass is 263 g/mol. The molecule has 1 aliphatic carbocycles. The molecule has 0 aromatic carbocycles. The Bertz CT molecular complexity index is 360. The number of carboxylic acids is 1. The summed E-state index contributed by atoms with van der Waals surface area (Å²) in [6.07, 6.45) is 3.73. The lowest BCUT2D eigenvalue weighted by molar-refractivity contribution is -0.140. The second-order valence-electron chi connectivity index (χ2n) is 4.77. The van der Waals surface area contributed by atoms with Crippen molar-refractivity contribution in [3.8, 4) is 0 Å². The van der Waals surface area contributed by atoms with Crippen LogP contribution in [0.5, 0.6) is 0 Å². The van der Waals surface area contributed by atoms with Crippen molar-refractivity contribution in [2.75, 3.05) is 0 Å². The summed E-state index contributed by atoms with van der Waals surface area (Å²) in [7, 11) is -3.49. The van der Waals surface area contributed by atoms with Crippen molar-refractivity contribution in [3.05, 3.63) is 0 Å². The zero-order valence-corrected chi connectivity index (χ0v) is 11.2. The Morgan fingerprint density at radius 1 is 1.41 bits per heavy atom. The summed E-state index contributed by atoms with van der Waals surface area (Å²) in [6, 6.07) is -1.01. The Morgan fingerprint density at radius 2 is 1.94 bits per heavy atom. The highest BCUT2D eigenvalue weighted by Gasteiger charge is 2.34. The minimum Gasteiger partial charge on any atom is -0.480 e. The summed E-state index contributed by atoms with van der Waals surface area (Å²) in [4.78, 5) is 11.1. The predicted molar refractivity (Wildman–Crippen MR) is 65.2 cm³/mol. The van der Waals surface area contributed by atoms with Gasteiger partial charge >= 0.3 is 5.97 Å². The minimum absolute atomic E-state index is 0.205. The summed E-state index contributed by atoms with van der Waals surface area (Å²) in [5.74, 6) is -1.30. The van der Waals surface area contributed by atoms with Gasteiger partial charge in [-0.1, -0.05) is 33.1 Å². The largest absolute Gasteiger partial charge is 0.480 e. The van der Waals surface area contributed by atoms with Crippen LogP contribution >= 0.6 is 0 Å². The zero-order chi connectivity index (χ0) is 13.1. The Hall–Kier alpha value is -0.620. The van der Waals surface area contributed by atoms with E-state index in [0.717, 1.165) is 12.8 Å². The van der Waals surface area contributed by atoms with Crippen LogP contribution in [0.15, 0.2) is 0 Å². The van der Waals surface area contributed by atoms with Crippen LogP contribution in [0.3, 0.4) is 0 Å². The standard InChI is InChI=1S/C11H21NO4S/c1-3-8(2)10(11(13)14)12-17(15,16)9-6-4-5-7-9/h8-10,12H,3-7H2,1-2H3,(H,13,14)/t8-,10-/m0/s1. The highest BCUT2D eigenvalue weighted by Crippen LogP contribution is 2.24. The molecule has 1 rings (SSSR count). The molecule has 0 spiro atoms. The Labute approximate surface area is 103 Å². The summed E-state index contributed by atoms with van der Waals surface area (Å²) < 4.78 is 26.3. The number of nitrogens with one attached hydrogen (secondary N) is 1. The third-order valence-corrected chi connectivity index (χ3v) is 5.44. The van der Waals surface area contributed by atoms with Gasteiger partial charge in [0, 0.05) is 0 Å². The molecule has 0 saturated heterocycles. The highest BCUT2D eigenvalue weighted by atomic mass is 32.2. The molecular formula is C11H21NO4S. The first kappa shape index (κ1) is 14.4. The summed E-state index contributed by atoms with van der Waals surface area (Å²) in [5, 5.41) is 8.65. The number of sulfonamides is 1. The molecule has 0 aromatic rings. The Balaban J connectivity index is 2.75. The van der Waals surface area contributed by atoms with E-state index in [1.807, 2.05) is 6.92 Å². The first-order valence-corrected chi connectivity index (χ1v) is 7.67. The molecule has 0 bridgehead atoms. The lowest BCUT2D eigenvalue weighted by Crippen LogP contribution is -2.47. The zero-order valence-electron chi connectivity index (χ0n) is 10.3. The third-order valence-electron chi connectivity index (χ3n) is 3.51. The van der Waals surface area contributed by atoms with Crippen molar-refractivity contribution in [3.63, 3.8) is 0 Å². The fourth-order valence-corrected chi connectivity index (χ4v) is 3.95. The summed E-state index contributed by atoms with van der Waals surface area (Å²) >= 11 is 0. The number of rotatable bonds is 6. The molecule has 2 N–H and O–H groups in total. The smallest absolute Gasteiger partial charge is 0.322 e. The molecule has 5 nitrogen and oxygen atoms in total. The first-order chi connectivity index (χ1) is 7.88. The molecule has 0 heterocycles. The molecule has 1 saturated carbocycles. The van der Waals surface area contributed by atoms with Crippen molar-refractivity contribution in [1.82, 2.24) is 4.72 Å². The molecule has 2 atom stereocenters. The third kappa shape index (κ3) is 3.67. The molecule has 0 unspecified atom stereocenters. The van der Waals surface area contributed by atoms with E-state index >= 15 is 0 Å². The van der Waals surface area contributed by atoms with Gasteiger partial charge in [0.05, 0.1) is 5.25 Å². The van der Waals surface area contributed by atoms with E-state index in [-0.39, 0.29) is 5.92 Å². The van der Waals surface area contributed by atoms with Crippen LogP contribution in [-0.4, -0.2) is 30.8 Å². The lowest BCUT2D eigenvalue weighted by atomic mass is 10.0. The topological polar surface area (TPSA) is 83.5 Å². The Morgan fingerprint density at radius 3 is 2.35 bits per heavy atom. The Kier molecular flexibility index (Phi) is 4.94. The van der Waals surface area contributed by atoms with Gasteiger partial charge in [-0.25, -0.2) is 13.1 Å². The molecule has 6 heteroatoms. The summed E-state index contributed by atoms with van der Waals surface area (Å²) in [5.41, 5.74) is 0. The van der Waals surface area contributed by atoms with Crippen LogP contribution in [0, 0.1) is 5.92 Å². The van der Waals surface area contributed by atoms with E-state index in [1.54, 1.807) is 6.92 Å². The predicted octanol–water partition coefficient (Wildman–Crippen LogP) is 1.35. The minimum atomic E-state index is -3.49. The molecule has 17 heavy (non-hydrogen) atoms. The van der Waals surface area contributed by atoms with Crippen molar-refractivity contribution in [2.24, 2.45) is 5.92 Å². The van der Waals surface area contributed by atoms with E-state index in [0.29, 0.717) is 19.3 Å². The van der Waals surface area contributed by atoms with E-state index < -0.39 is 27.3 Å². The number of carbonyl (C=O) groups is 1. The van der Waals surface area contributed by atoms with Crippen LogP contribution in [-0.2, 0) is 14.8 Å². The van der Waals surface area contributed by atoms with Gasteiger partial charge in [0.15, 0.2) is 0 Å². The van der Waals surface area contributed by atoms with Crippen molar-refractivity contribution < 1.29 is 18.3 Å². The van der Waals surface area contributed by atoms with Crippen LogP contribution in [0.1, 0.15) is 46.0 Å². The van der Waals surface area contributed by atoms with Crippen molar-refractivity contribution in [1.29, 1.82) is 0 Å².